The highest BCUT2D eigenvalue weighted by Crippen LogP contribution is 2.40. The molecule has 1 aliphatic carbocycles. The zero-order valence-electron chi connectivity index (χ0n) is 13.1. The molecule has 1 aromatic heterocycles. The molecule has 0 saturated heterocycles. The molecule has 0 unspecified atom stereocenters. The highest BCUT2D eigenvalue weighted by molar-refractivity contribution is 5.47. The van der Waals surface area contributed by atoms with Crippen LogP contribution < -0.4 is 10.6 Å². The number of aromatic nitrogens is 2. The summed E-state index contributed by atoms with van der Waals surface area (Å²) in [7, 11) is 0. The van der Waals surface area contributed by atoms with Gasteiger partial charge in [-0.2, -0.15) is 0 Å². The number of hydrogen-bond donors (Lipinski definition) is 2. The molecule has 4 heteroatoms. The van der Waals surface area contributed by atoms with Crippen molar-refractivity contribution in [3.8, 4) is 0 Å². The predicted octanol–water partition coefficient (Wildman–Crippen LogP) is 3.85. The number of hydrogen-bond acceptors (Lipinski definition) is 4. The minimum Gasteiger partial charge on any atom is -0.370 e. The Kier molecular flexibility index (Phi) is 5.21. The quantitative estimate of drug-likeness (QED) is 0.757. The van der Waals surface area contributed by atoms with Crippen molar-refractivity contribution in [3.05, 3.63) is 11.9 Å². The second-order valence-corrected chi connectivity index (χ2v) is 6.25. The maximum absolute atomic E-state index is 4.63. The number of nitrogens with one attached hydrogen (secondary N) is 2. The molecule has 112 valence electrons. The molecule has 0 bridgehead atoms. The van der Waals surface area contributed by atoms with Gasteiger partial charge < -0.3 is 10.6 Å². The first-order chi connectivity index (χ1) is 9.65. The van der Waals surface area contributed by atoms with E-state index in [9.17, 15) is 0 Å². The Balaban J connectivity index is 2.02. The Morgan fingerprint density at radius 1 is 1.10 bits per heavy atom. The third-order valence-corrected chi connectivity index (χ3v) is 4.06. The van der Waals surface area contributed by atoms with E-state index in [4.69, 9.17) is 0 Å². The first-order valence-electron chi connectivity index (χ1n) is 8.01. The average Bonchev–Trinajstić information content (AvgIpc) is 2.41. The summed E-state index contributed by atoms with van der Waals surface area (Å²) in [5.41, 5.74) is 0.465. The molecule has 0 aliphatic heterocycles. The third-order valence-electron chi connectivity index (χ3n) is 4.06. The highest BCUT2D eigenvalue weighted by atomic mass is 15.1. The van der Waals surface area contributed by atoms with Crippen molar-refractivity contribution >= 4 is 11.6 Å². The summed E-state index contributed by atoms with van der Waals surface area (Å²) in [4.78, 5) is 9.21. The van der Waals surface area contributed by atoms with E-state index in [2.05, 4.69) is 41.4 Å². The second-order valence-electron chi connectivity index (χ2n) is 6.25. The minimum absolute atomic E-state index is 0.465. The molecule has 0 radical (unpaired) electrons. The van der Waals surface area contributed by atoms with Gasteiger partial charge in [0.1, 0.15) is 17.5 Å². The molecular formula is C16H28N4. The van der Waals surface area contributed by atoms with Crippen LogP contribution in [-0.2, 0) is 6.42 Å². The van der Waals surface area contributed by atoms with Crippen LogP contribution in [0.15, 0.2) is 6.07 Å². The Labute approximate surface area is 122 Å². The van der Waals surface area contributed by atoms with Gasteiger partial charge in [-0.3, -0.25) is 0 Å². The van der Waals surface area contributed by atoms with Gasteiger partial charge in [-0.15, -0.1) is 0 Å². The van der Waals surface area contributed by atoms with Gasteiger partial charge in [-0.05, 0) is 31.1 Å². The number of aryl methyl sites for hydroxylation is 1. The fraction of sp³-hybridized carbons (Fsp3) is 0.750. The lowest BCUT2D eigenvalue weighted by atomic mass is 9.70. The number of anilines is 2. The Bertz CT molecular complexity index is 426. The largest absolute Gasteiger partial charge is 0.370 e. The molecular weight excluding hydrogens is 248 g/mol. The van der Waals surface area contributed by atoms with Crippen LogP contribution in [0.1, 0.15) is 58.7 Å². The van der Waals surface area contributed by atoms with Crippen LogP contribution in [0.5, 0.6) is 0 Å². The van der Waals surface area contributed by atoms with Crippen molar-refractivity contribution in [1.29, 1.82) is 0 Å². The Hall–Kier alpha value is -1.32. The van der Waals surface area contributed by atoms with E-state index >= 15 is 0 Å². The summed E-state index contributed by atoms with van der Waals surface area (Å²) in [5, 5.41) is 6.88. The zero-order valence-corrected chi connectivity index (χ0v) is 13.1. The van der Waals surface area contributed by atoms with Crippen LogP contribution in [0.3, 0.4) is 0 Å². The first-order valence-corrected chi connectivity index (χ1v) is 8.01. The summed E-state index contributed by atoms with van der Waals surface area (Å²) in [6.45, 7) is 8.66. The zero-order chi connectivity index (χ0) is 14.4. The van der Waals surface area contributed by atoms with E-state index in [0.29, 0.717) is 5.41 Å². The van der Waals surface area contributed by atoms with E-state index in [1.165, 1.54) is 19.3 Å². The van der Waals surface area contributed by atoms with Crippen molar-refractivity contribution < 1.29 is 0 Å². The summed E-state index contributed by atoms with van der Waals surface area (Å²) < 4.78 is 0. The molecule has 1 heterocycles. The van der Waals surface area contributed by atoms with Gasteiger partial charge >= 0.3 is 0 Å². The van der Waals surface area contributed by atoms with Crippen LogP contribution in [0, 0.1) is 5.41 Å². The number of rotatable bonds is 8. The predicted molar refractivity (Wildman–Crippen MR) is 85.3 cm³/mol. The molecule has 1 saturated carbocycles. The van der Waals surface area contributed by atoms with E-state index in [0.717, 1.165) is 49.8 Å². The maximum Gasteiger partial charge on any atom is 0.133 e. The van der Waals surface area contributed by atoms with Crippen molar-refractivity contribution in [2.24, 2.45) is 5.41 Å². The van der Waals surface area contributed by atoms with Gasteiger partial charge in [0.15, 0.2) is 0 Å². The summed E-state index contributed by atoms with van der Waals surface area (Å²) >= 11 is 0. The Morgan fingerprint density at radius 2 is 1.80 bits per heavy atom. The lowest BCUT2D eigenvalue weighted by Gasteiger charge is -2.38. The van der Waals surface area contributed by atoms with Crippen molar-refractivity contribution in [2.45, 2.75) is 59.3 Å². The first kappa shape index (κ1) is 15.1. The molecule has 2 rings (SSSR count). The van der Waals surface area contributed by atoms with E-state index in [1.54, 1.807) is 0 Å². The van der Waals surface area contributed by atoms with Crippen LogP contribution in [0.4, 0.5) is 11.6 Å². The van der Waals surface area contributed by atoms with Gasteiger partial charge in [0.2, 0.25) is 0 Å². The average molecular weight is 276 g/mol. The number of nitrogens with zero attached hydrogens (tertiary/aromatic N) is 2. The third kappa shape index (κ3) is 4.09. The van der Waals surface area contributed by atoms with Gasteiger partial charge in [0.05, 0.1) is 0 Å². The van der Waals surface area contributed by atoms with Crippen molar-refractivity contribution in [1.82, 2.24) is 9.97 Å². The van der Waals surface area contributed by atoms with Gasteiger partial charge in [-0.1, -0.05) is 27.2 Å². The van der Waals surface area contributed by atoms with Crippen molar-refractivity contribution in [3.63, 3.8) is 0 Å². The molecule has 0 aromatic carbocycles. The van der Waals surface area contributed by atoms with Crippen molar-refractivity contribution in [2.75, 3.05) is 23.7 Å². The van der Waals surface area contributed by atoms with Crippen LogP contribution >= 0.6 is 0 Å². The second kappa shape index (κ2) is 6.91. The van der Waals surface area contributed by atoms with Crippen LogP contribution in [-0.4, -0.2) is 23.1 Å². The van der Waals surface area contributed by atoms with E-state index in [-0.39, 0.29) is 0 Å². The molecule has 0 atom stereocenters. The molecule has 0 amide bonds. The monoisotopic (exact) mass is 276 g/mol. The Morgan fingerprint density at radius 3 is 2.35 bits per heavy atom. The summed E-state index contributed by atoms with van der Waals surface area (Å²) in [5.74, 6) is 2.86. The van der Waals surface area contributed by atoms with Crippen LogP contribution in [0.2, 0.25) is 0 Å². The summed E-state index contributed by atoms with van der Waals surface area (Å²) in [6, 6.07) is 2.04. The van der Waals surface area contributed by atoms with Gasteiger partial charge in [-0.25, -0.2) is 9.97 Å². The normalized spacial score (nSPS) is 16.6. The molecule has 2 N–H and O–H groups in total. The fourth-order valence-electron chi connectivity index (χ4n) is 2.53. The summed E-state index contributed by atoms with van der Waals surface area (Å²) in [6.07, 6.45) is 7.14. The molecule has 1 fully saturated rings. The molecule has 4 nitrogen and oxygen atoms in total. The van der Waals surface area contributed by atoms with Crippen LogP contribution in [0.25, 0.3) is 0 Å². The smallest absolute Gasteiger partial charge is 0.133 e. The highest BCUT2D eigenvalue weighted by Gasteiger charge is 2.31. The molecule has 1 aromatic rings. The molecule has 1 aliphatic rings. The lowest BCUT2D eigenvalue weighted by molar-refractivity contribution is 0.180. The standard InChI is InChI=1S/C16H28N4/c1-4-7-13-19-14(17-10-5-2)11-15(20-13)18-12-16(3)8-6-9-16/h11H,4-10,12H2,1-3H3,(H2,17,18,19,20). The van der Waals surface area contributed by atoms with E-state index in [1.807, 2.05) is 6.07 Å². The minimum atomic E-state index is 0.465. The topological polar surface area (TPSA) is 49.8 Å². The fourth-order valence-corrected chi connectivity index (χ4v) is 2.53. The molecule has 20 heavy (non-hydrogen) atoms. The molecule has 0 spiro atoms. The maximum atomic E-state index is 4.63. The SMILES string of the molecule is CCCNc1cc(NCC2(C)CCC2)nc(CCC)n1. The van der Waals surface area contributed by atoms with Gasteiger partial charge in [0, 0.05) is 25.6 Å². The van der Waals surface area contributed by atoms with Gasteiger partial charge in [0.25, 0.3) is 0 Å². The van der Waals surface area contributed by atoms with E-state index < -0.39 is 0 Å². The lowest BCUT2D eigenvalue weighted by Crippen LogP contribution is -2.33.